The Labute approximate surface area is 136 Å². The fourth-order valence-corrected chi connectivity index (χ4v) is 3.92. The fourth-order valence-electron chi connectivity index (χ4n) is 3.92. The van der Waals surface area contributed by atoms with Crippen molar-refractivity contribution in [3.63, 3.8) is 0 Å². The van der Waals surface area contributed by atoms with Gasteiger partial charge in [-0.25, -0.2) is 0 Å². The highest BCUT2D eigenvalue weighted by molar-refractivity contribution is 6.02. The van der Waals surface area contributed by atoms with E-state index in [9.17, 15) is 9.59 Å². The number of hydrogen-bond acceptors (Lipinski definition) is 3. The molecule has 1 saturated heterocycles. The van der Waals surface area contributed by atoms with Gasteiger partial charge in [0.05, 0.1) is 0 Å². The quantitative estimate of drug-likeness (QED) is 0.920. The largest absolute Gasteiger partial charge is 0.396 e. The van der Waals surface area contributed by atoms with Gasteiger partial charge in [0.1, 0.15) is 6.04 Å². The Morgan fingerprint density at radius 2 is 2.09 bits per heavy atom. The van der Waals surface area contributed by atoms with E-state index < -0.39 is 6.04 Å². The van der Waals surface area contributed by atoms with Crippen LogP contribution in [0, 0.1) is 0 Å². The normalized spacial score (nSPS) is 23.2. The maximum absolute atomic E-state index is 13.1. The first-order chi connectivity index (χ1) is 11.1. The van der Waals surface area contributed by atoms with E-state index in [1.165, 1.54) is 6.92 Å². The molecule has 2 atom stereocenters. The summed E-state index contributed by atoms with van der Waals surface area (Å²) in [7, 11) is 0. The fraction of sp³-hybridized carbons (Fsp3) is 0.556. The minimum atomic E-state index is -0.417. The van der Waals surface area contributed by atoms with Gasteiger partial charge in [-0.1, -0.05) is 18.2 Å². The molecule has 2 aliphatic rings. The summed E-state index contributed by atoms with van der Waals surface area (Å²) < 4.78 is 0. The van der Waals surface area contributed by atoms with Crippen LogP contribution in [0.4, 0.5) is 5.69 Å². The number of aliphatic hydroxyl groups excluding tert-OH is 1. The Balaban J connectivity index is 1.81. The first-order valence-corrected chi connectivity index (χ1v) is 8.42. The summed E-state index contributed by atoms with van der Waals surface area (Å²) in [6.07, 6.45) is 4.14. The van der Waals surface area contributed by atoms with Crippen molar-refractivity contribution in [2.75, 3.05) is 18.1 Å². The molecule has 5 nitrogen and oxygen atoms in total. The van der Waals surface area contributed by atoms with E-state index in [1.807, 2.05) is 29.2 Å². The number of para-hydroxylation sites is 1. The number of carbonyl (C=O) groups excluding carboxylic acids is 2. The van der Waals surface area contributed by atoms with E-state index in [0.717, 1.165) is 43.5 Å². The summed E-state index contributed by atoms with van der Waals surface area (Å²) in [5.41, 5.74) is 1.93. The summed E-state index contributed by atoms with van der Waals surface area (Å²) in [6, 6.07) is 7.54. The second-order valence-electron chi connectivity index (χ2n) is 6.43. The number of fused-ring (bicyclic) bond motifs is 1. The average molecular weight is 316 g/mol. The molecule has 0 aliphatic carbocycles. The monoisotopic (exact) mass is 316 g/mol. The highest BCUT2D eigenvalue weighted by Crippen LogP contribution is 2.34. The van der Waals surface area contributed by atoms with Gasteiger partial charge in [0, 0.05) is 38.2 Å². The maximum Gasteiger partial charge on any atom is 0.246 e. The van der Waals surface area contributed by atoms with Gasteiger partial charge in [-0.2, -0.15) is 0 Å². The van der Waals surface area contributed by atoms with E-state index in [0.29, 0.717) is 6.42 Å². The average Bonchev–Trinajstić information content (AvgIpc) is 3.16. The lowest BCUT2D eigenvalue weighted by Crippen LogP contribution is -2.50. The first kappa shape index (κ1) is 16.0. The number of likely N-dealkylation sites (tertiary alicyclic amines) is 1. The summed E-state index contributed by atoms with van der Waals surface area (Å²) in [5.74, 6) is -0.0313. The Morgan fingerprint density at radius 3 is 2.83 bits per heavy atom. The lowest BCUT2D eigenvalue weighted by Gasteiger charge is -2.31. The van der Waals surface area contributed by atoms with E-state index in [1.54, 1.807) is 4.90 Å². The number of anilines is 1. The van der Waals surface area contributed by atoms with Gasteiger partial charge >= 0.3 is 0 Å². The number of aliphatic hydroxyl groups is 1. The molecule has 0 radical (unpaired) electrons. The topological polar surface area (TPSA) is 60.9 Å². The van der Waals surface area contributed by atoms with Crippen LogP contribution < -0.4 is 4.90 Å². The van der Waals surface area contributed by atoms with Gasteiger partial charge in [0.2, 0.25) is 11.8 Å². The second-order valence-corrected chi connectivity index (χ2v) is 6.43. The van der Waals surface area contributed by atoms with Crippen LogP contribution in [-0.2, 0) is 16.0 Å². The van der Waals surface area contributed by atoms with Gasteiger partial charge in [-0.3, -0.25) is 14.5 Å². The standard InChI is InChI=1S/C18H24N2O3/c1-13(22)20-16-9-3-2-6-14(16)12-17(20)18(23)19-10-4-7-15(19)8-5-11-21/h2-3,6,9,15,17,21H,4-5,7-8,10-12H2,1H3/t15?,17-/m0/s1. The molecule has 23 heavy (non-hydrogen) atoms. The number of nitrogens with zero attached hydrogens (tertiary/aromatic N) is 2. The molecule has 0 saturated carbocycles. The van der Waals surface area contributed by atoms with Crippen molar-refractivity contribution in [1.82, 2.24) is 4.90 Å². The molecule has 1 aromatic rings. The number of hydrogen-bond donors (Lipinski definition) is 1. The van der Waals surface area contributed by atoms with Crippen molar-refractivity contribution in [2.45, 2.75) is 51.1 Å². The summed E-state index contributed by atoms with van der Waals surface area (Å²) >= 11 is 0. The second kappa shape index (κ2) is 6.71. The van der Waals surface area contributed by atoms with Crippen LogP contribution in [0.3, 0.4) is 0 Å². The van der Waals surface area contributed by atoms with Crippen molar-refractivity contribution in [3.05, 3.63) is 29.8 Å². The predicted octanol–water partition coefficient (Wildman–Crippen LogP) is 1.73. The molecular formula is C18H24N2O3. The molecule has 3 rings (SSSR count). The summed E-state index contributed by atoms with van der Waals surface area (Å²) in [6.45, 7) is 2.44. The zero-order chi connectivity index (χ0) is 16.4. The van der Waals surface area contributed by atoms with E-state index in [-0.39, 0.29) is 24.5 Å². The lowest BCUT2D eigenvalue weighted by atomic mass is 10.1. The lowest BCUT2D eigenvalue weighted by molar-refractivity contribution is -0.135. The van der Waals surface area contributed by atoms with Gasteiger partial charge < -0.3 is 10.0 Å². The Morgan fingerprint density at radius 1 is 1.30 bits per heavy atom. The van der Waals surface area contributed by atoms with E-state index in [2.05, 4.69) is 0 Å². The molecule has 1 fully saturated rings. The van der Waals surface area contributed by atoms with Crippen molar-refractivity contribution in [1.29, 1.82) is 0 Å². The molecule has 0 bridgehead atoms. The van der Waals surface area contributed by atoms with Crippen LogP contribution in [0.25, 0.3) is 0 Å². The summed E-state index contributed by atoms with van der Waals surface area (Å²) in [4.78, 5) is 28.8. The van der Waals surface area contributed by atoms with Crippen LogP contribution in [0.15, 0.2) is 24.3 Å². The molecule has 2 amide bonds. The Hall–Kier alpha value is -1.88. The minimum absolute atomic E-state index is 0.0526. The number of amides is 2. The molecule has 2 aliphatic heterocycles. The van der Waals surface area contributed by atoms with Crippen molar-refractivity contribution < 1.29 is 14.7 Å². The highest BCUT2D eigenvalue weighted by Gasteiger charge is 2.41. The third-order valence-electron chi connectivity index (χ3n) is 4.96. The Bertz CT molecular complexity index is 602. The van der Waals surface area contributed by atoms with E-state index in [4.69, 9.17) is 5.11 Å². The highest BCUT2D eigenvalue weighted by atomic mass is 16.3. The molecule has 2 heterocycles. The van der Waals surface area contributed by atoms with Gasteiger partial charge in [-0.05, 0) is 37.3 Å². The predicted molar refractivity (Wildman–Crippen MR) is 88.1 cm³/mol. The van der Waals surface area contributed by atoms with Crippen LogP contribution in [0.5, 0.6) is 0 Å². The molecule has 1 N–H and O–H groups in total. The van der Waals surface area contributed by atoms with Crippen LogP contribution in [0.2, 0.25) is 0 Å². The number of rotatable bonds is 4. The van der Waals surface area contributed by atoms with Crippen LogP contribution >= 0.6 is 0 Å². The SMILES string of the molecule is CC(=O)N1c2ccccc2C[C@H]1C(=O)N1CCCC1CCCO. The zero-order valence-electron chi connectivity index (χ0n) is 13.6. The third-order valence-corrected chi connectivity index (χ3v) is 4.96. The molecule has 0 aromatic heterocycles. The van der Waals surface area contributed by atoms with Crippen molar-refractivity contribution >= 4 is 17.5 Å². The molecule has 0 spiro atoms. The van der Waals surface area contributed by atoms with Gasteiger partial charge in [-0.15, -0.1) is 0 Å². The van der Waals surface area contributed by atoms with Gasteiger partial charge in [0.25, 0.3) is 0 Å². The molecule has 1 aromatic carbocycles. The van der Waals surface area contributed by atoms with E-state index >= 15 is 0 Å². The molecular weight excluding hydrogens is 292 g/mol. The van der Waals surface area contributed by atoms with Crippen molar-refractivity contribution in [2.24, 2.45) is 0 Å². The minimum Gasteiger partial charge on any atom is -0.396 e. The Kier molecular flexibility index (Phi) is 4.66. The summed E-state index contributed by atoms with van der Waals surface area (Å²) in [5, 5.41) is 9.04. The third kappa shape index (κ3) is 2.98. The first-order valence-electron chi connectivity index (χ1n) is 8.42. The maximum atomic E-state index is 13.1. The van der Waals surface area contributed by atoms with Crippen molar-refractivity contribution in [3.8, 4) is 0 Å². The molecule has 1 unspecified atom stereocenters. The van der Waals surface area contributed by atoms with Crippen LogP contribution in [-0.4, -0.2) is 47.1 Å². The molecule has 124 valence electrons. The molecule has 5 heteroatoms. The van der Waals surface area contributed by atoms with Gasteiger partial charge in [0.15, 0.2) is 0 Å². The number of benzene rings is 1. The smallest absolute Gasteiger partial charge is 0.246 e. The number of carbonyl (C=O) groups is 2. The zero-order valence-corrected chi connectivity index (χ0v) is 13.6. The van der Waals surface area contributed by atoms with Crippen LogP contribution in [0.1, 0.15) is 38.2 Å².